The Morgan fingerprint density at radius 2 is 1.67 bits per heavy atom. The van der Waals surface area contributed by atoms with Crippen LogP contribution in [0.15, 0.2) is 30.3 Å². The van der Waals surface area contributed by atoms with Crippen LogP contribution in [0.25, 0.3) is 0 Å². The Morgan fingerprint density at radius 3 is 2.21 bits per heavy atom. The molecule has 2 saturated heterocycles. The SMILES string of the molecule is CC(C)C1(C(C)C)OC(=O)N2[C@H]1CC[C@@H]2[Si](C)(C)c1ccccc1. The van der Waals surface area contributed by atoms with Gasteiger partial charge in [-0.2, -0.15) is 0 Å². The van der Waals surface area contributed by atoms with Crippen molar-refractivity contribution in [1.82, 2.24) is 4.90 Å². The number of hydrogen-bond acceptors (Lipinski definition) is 2. The topological polar surface area (TPSA) is 29.5 Å². The van der Waals surface area contributed by atoms with E-state index in [1.54, 1.807) is 0 Å². The fraction of sp³-hybridized carbons (Fsp3) is 0.650. The Hall–Kier alpha value is -1.29. The number of nitrogens with zero attached hydrogens (tertiary/aromatic N) is 1. The number of rotatable bonds is 4. The molecule has 1 amide bonds. The highest BCUT2D eigenvalue weighted by Gasteiger charge is 2.63. The minimum Gasteiger partial charge on any atom is -0.440 e. The molecule has 0 spiro atoms. The monoisotopic (exact) mass is 345 g/mol. The average molecular weight is 346 g/mol. The van der Waals surface area contributed by atoms with E-state index in [1.165, 1.54) is 5.19 Å². The molecule has 0 bridgehead atoms. The number of benzene rings is 1. The molecule has 0 saturated carbocycles. The second-order valence-corrected chi connectivity index (χ2v) is 13.3. The fourth-order valence-corrected chi connectivity index (χ4v) is 8.53. The van der Waals surface area contributed by atoms with Gasteiger partial charge in [0.1, 0.15) is 13.7 Å². The molecule has 0 N–H and O–H groups in total. The summed E-state index contributed by atoms with van der Waals surface area (Å²) in [4.78, 5) is 15.0. The third-order valence-electron chi connectivity index (χ3n) is 6.54. The first-order valence-electron chi connectivity index (χ1n) is 9.29. The largest absolute Gasteiger partial charge is 0.440 e. The van der Waals surface area contributed by atoms with E-state index in [0.29, 0.717) is 17.5 Å². The van der Waals surface area contributed by atoms with E-state index >= 15 is 0 Å². The Labute approximate surface area is 147 Å². The first-order chi connectivity index (χ1) is 11.2. The van der Waals surface area contributed by atoms with E-state index in [4.69, 9.17) is 4.74 Å². The van der Waals surface area contributed by atoms with E-state index in [1.807, 2.05) is 0 Å². The lowest BCUT2D eigenvalue weighted by Crippen LogP contribution is -2.60. The van der Waals surface area contributed by atoms with E-state index < -0.39 is 8.07 Å². The third-order valence-corrected chi connectivity index (χ3v) is 10.6. The number of amides is 1. The quantitative estimate of drug-likeness (QED) is 0.766. The number of carbonyl (C=O) groups is 1. The van der Waals surface area contributed by atoms with Crippen molar-refractivity contribution in [2.75, 3.05) is 0 Å². The molecule has 0 aromatic heterocycles. The maximum absolute atomic E-state index is 12.9. The molecular formula is C20H31NO2Si. The minimum absolute atomic E-state index is 0.0820. The Bertz CT molecular complexity index is 603. The lowest BCUT2D eigenvalue weighted by Gasteiger charge is -2.40. The molecule has 1 aromatic carbocycles. The van der Waals surface area contributed by atoms with Gasteiger partial charge in [-0.25, -0.2) is 4.79 Å². The number of carbonyl (C=O) groups excluding carboxylic acids is 1. The molecule has 1 aromatic rings. The summed E-state index contributed by atoms with van der Waals surface area (Å²) in [6, 6.07) is 11.0. The summed E-state index contributed by atoms with van der Waals surface area (Å²) >= 11 is 0. The molecule has 0 radical (unpaired) electrons. The second kappa shape index (κ2) is 5.90. The Morgan fingerprint density at radius 1 is 1.08 bits per heavy atom. The number of hydrogen-bond donors (Lipinski definition) is 0. The van der Waals surface area contributed by atoms with Crippen LogP contribution in [0.1, 0.15) is 40.5 Å². The first kappa shape index (κ1) is 17.5. The zero-order chi connectivity index (χ0) is 17.7. The molecule has 2 aliphatic heterocycles. The predicted octanol–water partition coefficient (Wildman–Crippen LogP) is 4.18. The van der Waals surface area contributed by atoms with Crippen LogP contribution in [0.4, 0.5) is 4.79 Å². The molecule has 0 aliphatic carbocycles. The molecule has 3 rings (SSSR count). The van der Waals surface area contributed by atoms with E-state index in [0.717, 1.165) is 12.8 Å². The van der Waals surface area contributed by atoms with Crippen molar-refractivity contribution < 1.29 is 9.53 Å². The zero-order valence-electron chi connectivity index (χ0n) is 15.9. The first-order valence-corrected chi connectivity index (χ1v) is 12.4. The number of cyclic esters (lactones) is 1. The van der Waals surface area contributed by atoms with Crippen molar-refractivity contribution in [2.24, 2.45) is 11.8 Å². The molecule has 24 heavy (non-hydrogen) atoms. The van der Waals surface area contributed by atoms with Gasteiger partial charge < -0.3 is 9.64 Å². The molecule has 3 nitrogen and oxygen atoms in total. The van der Waals surface area contributed by atoms with Gasteiger partial charge in [0.15, 0.2) is 0 Å². The highest BCUT2D eigenvalue weighted by Crippen LogP contribution is 2.49. The van der Waals surface area contributed by atoms with Crippen LogP contribution < -0.4 is 5.19 Å². The normalized spacial score (nSPS) is 26.2. The molecule has 4 heteroatoms. The van der Waals surface area contributed by atoms with E-state index in [2.05, 4.69) is 76.0 Å². The number of ether oxygens (including phenoxy) is 1. The van der Waals surface area contributed by atoms with Gasteiger partial charge in [0.2, 0.25) is 0 Å². The smallest absolute Gasteiger partial charge is 0.410 e. The summed E-state index contributed by atoms with van der Waals surface area (Å²) in [7, 11) is -1.78. The second-order valence-electron chi connectivity index (χ2n) is 8.63. The van der Waals surface area contributed by atoms with E-state index in [-0.39, 0.29) is 17.7 Å². The van der Waals surface area contributed by atoms with Gasteiger partial charge in [-0.15, -0.1) is 0 Å². The van der Waals surface area contributed by atoms with Gasteiger partial charge in [0.25, 0.3) is 0 Å². The Kier molecular flexibility index (Phi) is 4.31. The van der Waals surface area contributed by atoms with Crippen molar-refractivity contribution in [3.8, 4) is 0 Å². The average Bonchev–Trinajstić information content (AvgIpc) is 3.09. The summed E-state index contributed by atoms with van der Waals surface area (Å²) in [5.41, 5.74) is -0.00993. The highest BCUT2D eigenvalue weighted by atomic mass is 28.3. The van der Waals surface area contributed by atoms with E-state index in [9.17, 15) is 4.79 Å². The Balaban J connectivity index is 1.98. The van der Waals surface area contributed by atoms with Crippen LogP contribution in [0.5, 0.6) is 0 Å². The van der Waals surface area contributed by atoms with Crippen molar-refractivity contribution in [1.29, 1.82) is 0 Å². The lowest BCUT2D eigenvalue weighted by molar-refractivity contribution is -0.0439. The van der Waals surface area contributed by atoms with Crippen LogP contribution in [0, 0.1) is 11.8 Å². The van der Waals surface area contributed by atoms with Gasteiger partial charge in [0.05, 0.1) is 6.04 Å². The summed E-state index contributed by atoms with van der Waals surface area (Å²) in [6.07, 6.45) is 2.09. The maximum Gasteiger partial charge on any atom is 0.410 e. The fourth-order valence-electron chi connectivity index (χ4n) is 5.22. The van der Waals surface area contributed by atoms with Crippen molar-refractivity contribution in [3.05, 3.63) is 30.3 Å². The van der Waals surface area contributed by atoms with Crippen LogP contribution in [0.2, 0.25) is 13.1 Å². The highest BCUT2D eigenvalue weighted by molar-refractivity contribution is 6.91. The maximum atomic E-state index is 12.9. The molecule has 2 heterocycles. The number of fused-ring (bicyclic) bond motifs is 1. The predicted molar refractivity (Wildman–Crippen MR) is 101 cm³/mol. The molecular weight excluding hydrogens is 314 g/mol. The van der Waals surface area contributed by atoms with Gasteiger partial charge in [0, 0.05) is 5.67 Å². The summed E-state index contributed by atoms with van der Waals surface area (Å²) in [5, 5.41) is 1.43. The molecule has 2 fully saturated rings. The minimum atomic E-state index is -1.78. The molecule has 2 aliphatic rings. The van der Waals surface area contributed by atoms with Gasteiger partial charge in [-0.3, -0.25) is 0 Å². The molecule has 2 atom stereocenters. The standard InChI is InChI=1S/C20H31NO2Si/c1-14(2)20(15(3)4)17-12-13-18(21(17)19(22)23-20)24(5,6)16-10-8-7-9-11-16/h7-11,14-15,17-18H,12-13H2,1-6H3/t17-,18-/m0/s1. The lowest BCUT2D eigenvalue weighted by atomic mass is 9.74. The van der Waals surface area contributed by atoms with Crippen LogP contribution in [-0.2, 0) is 4.74 Å². The van der Waals surface area contributed by atoms with Gasteiger partial charge in [-0.05, 0) is 24.7 Å². The van der Waals surface area contributed by atoms with Crippen molar-refractivity contribution in [2.45, 2.75) is 70.9 Å². The van der Waals surface area contributed by atoms with Crippen LogP contribution in [0.3, 0.4) is 0 Å². The van der Waals surface area contributed by atoms with Crippen LogP contribution >= 0.6 is 0 Å². The van der Waals surface area contributed by atoms with Crippen molar-refractivity contribution >= 4 is 19.4 Å². The zero-order valence-corrected chi connectivity index (χ0v) is 16.9. The van der Waals surface area contributed by atoms with Gasteiger partial charge >= 0.3 is 6.09 Å². The summed E-state index contributed by atoms with van der Waals surface area (Å²) in [6.45, 7) is 13.6. The summed E-state index contributed by atoms with van der Waals surface area (Å²) in [5.74, 6) is 0.661. The molecule has 132 valence electrons. The van der Waals surface area contributed by atoms with Crippen molar-refractivity contribution in [3.63, 3.8) is 0 Å². The van der Waals surface area contributed by atoms with Gasteiger partial charge in [-0.1, -0.05) is 76.3 Å². The third kappa shape index (κ3) is 2.33. The molecule has 0 unspecified atom stereocenters. The van der Waals surface area contributed by atoms with Crippen LogP contribution in [-0.4, -0.2) is 36.4 Å². The summed E-state index contributed by atoms with van der Waals surface area (Å²) < 4.78 is 6.11.